The molecule has 0 radical (unpaired) electrons. The third kappa shape index (κ3) is 6.21. The van der Waals surface area contributed by atoms with Crippen molar-refractivity contribution in [1.29, 1.82) is 0 Å². The number of nitrogens with one attached hydrogen (secondary N) is 2. The molecule has 27 heavy (non-hydrogen) atoms. The summed E-state index contributed by atoms with van der Waals surface area (Å²) in [6.45, 7) is 7.24. The molecule has 0 aliphatic rings. The highest BCUT2D eigenvalue weighted by atomic mass is 16.5. The minimum absolute atomic E-state index is 0.0523. The van der Waals surface area contributed by atoms with Crippen LogP contribution in [-0.2, 0) is 4.74 Å². The molecule has 7 nitrogen and oxygen atoms in total. The van der Waals surface area contributed by atoms with Gasteiger partial charge in [-0.05, 0) is 32.4 Å². The van der Waals surface area contributed by atoms with Crippen LogP contribution in [0.15, 0.2) is 36.5 Å². The summed E-state index contributed by atoms with van der Waals surface area (Å²) in [5.41, 5.74) is 1.88. The van der Waals surface area contributed by atoms with Gasteiger partial charge in [0.1, 0.15) is 5.82 Å². The highest BCUT2D eigenvalue weighted by Crippen LogP contribution is 2.25. The Morgan fingerprint density at radius 3 is 2.67 bits per heavy atom. The first-order chi connectivity index (χ1) is 13.0. The van der Waals surface area contributed by atoms with Crippen molar-refractivity contribution in [3.05, 3.63) is 42.1 Å². The third-order valence-corrected chi connectivity index (χ3v) is 3.96. The fourth-order valence-electron chi connectivity index (χ4n) is 2.55. The second-order valence-electron chi connectivity index (χ2n) is 6.50. The molecule has 0 aliphatic carbocycles. The van der Waals surface area contributed by atoms with Crippen LogP contribution in [0.1, 0.15) is 32.3 Å². The lowest BCUT2D eigenvalue weighted by Gasteiger charge is -2.23. The molecule has 2 amide bonds. The molecule has 2 N–H and O–H groups in total. The van der Waals surface area contributed by atoms with E-state index in [1.807, 2.05) is 38.1 Å². The molecular weight excluding hydrogens is 342 g/mol. The highest BCUT2D eigenvalue weighted by molar-refractivity contribution is 5.98. The van der Waals surface area contributed by atoms with Crippen LogP contribution < -0.4 is 15.5 Å². The van der Waals surface area contributed by atoms with Gasteiger partial charge in [0, 0.05) is 32.0 Å². The van der Waals surface area contributed by atoms with E-state index in [1.165, 1.54) is 0 Å². The lowest BCUT2D eigenvalue weighted by molar-refractivity contribution is 0.190. The quantitative estimate of drug-likeness (QED) is 0.654. The van der Waals surface area contributed by atoms with Crippen LogP contribution in [0.5, 0.6) is 0 Å². The van der Waals surface area contributed by atoms with Gasteiger partial charge in [0.15, 0.2) is 0 Å². The fourth-order valence-corrected chi connectivity index (χ4v) is 2.55. The van der Waals surface area contributed by atoms with Gasteiger partial charge in [-0.2, -0.15) is 4.98 Å². The second-order valence-corrected chi connectivity index (χ2v) is 6.50. The molecule has 0 spiro atoms. The van der Waals surface area contributed by atoms with Crippen LogP contribution in [-0.4, -0.2) is 42.3 Å². The van der Waals surface area contributed by atoms with Crippen molar-refractivity contribution in [2.75, 3.05) is 30.5 Å². The van der Waals surface area contributed by atoms with Crippen LogP contribution in [0.2, 0.25) is 0 Å². The number of aryl methyl sites for hydroxylation is 1. The Labute approximate surface area is 161 Å². The van der Waals surface area contributed by atoms with E-state index >= 15 is 0 Å². The average Bonchev–Trinajstić information content (AvgIpc) is 2.64. The monoisotopic (exact) mass is 371 g/mol. The Bertz CT molecular complexity index is 721. The third-order valence-electron chi connectivity index (χ3n) is 3.96. The molecule has 0 aliphatic heterocycles. The number of methoxy groups -OCH3 is 1. The minimum Gasteiger partial charge on any atom is -0.383 e. The second kappa shape index (κ2) is 10.5. The molecule has 2 rings (SSSR count). The maximum absolute atomic E-state index is 12.9. The van der Waals surface area contributed by atoms with Crippen molar-refractivity contribution in [2.45, 2.75) is 39.7 Å². The number of rotatable bonds is 9. The number of carbonyl (C=O) groups excluding carboxylic acids is 1. The van der Waals surface area contributed by atoms with Gasteiger partial charge in [0.25, 0.3) is 0 Å². The van der Waals surface area contributed by atoms with Crippen molar-refractivity contribution in [3.63, 3.8) is 0 Å². The largest absolute Gasteiger partial charge is 0.383 e. The Morgan fingerprint density at radius 2 is 2.00 bits per heavy atom. The predicted octanol–water partition coefficient (Wildman–Crippen LogP) is 3.88. The number of benzene rings is 1. The Hall–Kier alpha value is -2.67. The number of hydrogen-bond acceptors (Lipinski definition) is 5. The van der Waals surface area contributed by atoms with E-state index in [0.29, 0.717) is 24.9 Å². The van der Waals surface area contributed by atoms with E-state index < -0.39 is 0 Å². The molecule has 1 aromatic heterocycles. The number of amides is 2. The lowest BCUT2D eigenvalue weighted by atomic mass is 10.2. The van der Waals surface area contributed by atoms with Gasteiger partial charge < -0.3 is 15.4 Å². The topological polar surface area (TPSA) is 79.4 Å². The number of nitrogens with zero attached hydrogens (tertiary/aromatic N) is 3. The first-order valence-corrected chi connectivity index (χ1v) is 9.28. The molecule has 0 saturated heterocycles. The molecular formula is C20H29N5O2. The molecule has 1 heterocycles. The van der Waals surface area contributed by atoms with Gasteiger partial charge in [0.2, 0.25) is 5.95 Å². The summed E-state index contributed by atoms with van der Waals surface area (Å²) < 4.78 is 5.13. The van der Waals surface area contributed by atoms with Crippen LogP contribution >= 0.6 is 0 Å². The summed E-state index contributed by atoms with van der Waals surface area (Å²) in [7, 11) is 1.65. The van der Waals surface area contributed by atoms with Gasteiger partial charge in [-0.25, -0.2) is 14.7 Å². The first-order valence-electron chi connectivity index (χ1n) is 9.28. The van der Waals surface area contributed by atoms with E-state index in [1.54, 1.807) is 24.3 Å². The molecule has 1 atom stereocenters. The van der Waals surface area contributed by atoms with Crippen molar-refractivity contribution < 1.29 is 9.53 Å². The maximum atomic E-state index is 12.9. The molecule has 0 saturated carbocycles. The molecule has 7 heteroatoms. The highest BCUT2D eigenvalue weighted by Gasteiger charge is 2.20. The summed E-state index contributed by atoms with van der Waals surface area (Å²) in [4.78, 5) is 23.2. The maximum Gasteiger partial charge on any atom is 0.327 e. The molecule has 0 unspecified atom stereocenters. The number of aromatic nitrogens is 2. The zero-order chi connectivity index (χ0) is 19.6. The summed E-state index contributed by atoms with van der Waals surface area (Å²) >= 11 is 0. The first kappa shape index (κ1) is 20.6. The molecule has 1 aromatic carbocycles. The van der Waals surface area contributed by atoms with Crippen molar-refractivity contribution in [1.82, 2.24) is 15.3 Å². The van der Waals surface area contributed by atoms with E-state index in [0.717, 1.165) is 24.1 Å². The summed E-state index contributed by atoms with van der Waals surface area (Å²) in [5, 5.41) is 6.15. The Morgan fingerprint density at radius 1 is 1.26 bits per heavy atom. The number of anilines is 3. The number of unbranched alkanes of at least 4 members (excludes halogenated alkanes) is 1. The summed E-state index contributed by atoms with van der Waals surface area (Å²) in [5.74, 6) is 0.963. The lowest BCUT2D eigenvalue weighted by Crippen LogP contribution is -2.38. The van der Waals surface area contributed by atoms with Gasteiger partial charge in [-0.15, -0.1) is 0 Å². The number of urea groups is 1. The fraction of sp³-hybridized carbons (Fsp3) is 0.450. The van der Waals surface area contributed by atoms with Gasteiger partial charge in [0.05, 0.1) is 12.3 Å². The van der Waals surface area contributed by atoms with Crippen LogP contribution in [0.3, 0.4) is 0 Å². The molecule has 2 aromatic rings. The number of carbonyl (C=O) groups is 1. The number of ether oxygens (including phenoxy) is 1. The van der Waals surface area contributed by atoms with Gasteiger partial charge in [-0.3, -0.25) is 0 Å². The van der Waals surface area contributed by atoms with Crippen LogP contribution in [0, 0.1) is 6.92 Å². The SMILES string of the molecule is CCCCNC(=O)N(c1ccc(C)cc1)c1ccnc(N[C@@H](C)COC)n1. The van der Waals surface area contributed by atoms with Gasteiger partial charge >= 0.3 is 6.03 Å². The van der Waals surface area contributed by atoms with Crippen molar-refractivity contribution in [3.8, 4) is 0 Å². The molecule has 0 bridgehead atoms. The van der Waals surface area contributed by atoms with Gasteiger partial charge in [-0.1, -0.05) is 31.0 Å². The average molecular weight is 371 g/mol. The van der Waals surface area contributed by atoms with E-state index in [2.05, 4.69) is 27.5 Å². The normalized spacial score (nSPS) is 11.7. The number of hydrogen-bond donors (Lipinski definition) is 2. The van der Waals surface area contributed by atoms with E-state index in [-0.39, 0.29) is 12.1 Å². The smallest absolute Gasteiger partial charge is 0.327 e. The zero-order valence-corrected chi connectivity index (χ0v) is 16.5. The van der Waals surface area contributed by atoms with Crippen LogP contribution in [0.4, 0.5) is 22.2 Å². The zero-order valence-electron chi connectivity index (χ0n) is 16.5. The van der Waals surface area contributed by atoms with Crippen LogP contribution in [0.25, 0.3) is 0 Å². The minimum atomic E-state index is -0.207. The standard InChI is InChI=1S/C20H29N5O2/c1-5-6-12-22-20(26)25(17-9-7-15(2)8-10-17)18-11-13-21-19(24-18)23-16(3)14-27-4/h7-11,13,16H,5-6,12,14H2,1-4H3,(H,22,26)(H,21,23,24)/t16-/m0/s1. The van der Waals surface area contributed by atoms with E-state index in [9.17, 15) is 4.79 Å². The summed E-state index contributed by atoms with van der Waals surface area (Å²) in [6.07, 6.45) is 3.59. The summed E-state index contributed by atoms with van der Waals surface area (Å²) in [6, 6.07) is 9.35. The predicted molar refractivity (Wildman–Crippen MR) is 109 cm³/mol. The Kier molecular flexibility index (Phi) is 8.00. The molecule has 0 fully saturated rings. The Balaban J connectivity index is 2.29. The van der Waals surface area contributed by atoms with Crippen molar-refractivity contribution in [2.24, 2.45) is 0 Å². The van der Waals surface area contributed by atoms with Crippen molar-refractivity contribution >= 4 is 23.5 Å². The molecule has 146 valence electrons. The van der Waals surface area contributed by atoms with E-state index in [4.69, 9.17) is 4.74 Å².